The van der Waals surface area contributed by atoms with E-state index in [4.69, 9.17) is 0 Å². The highest BCUT2D eigenvalue weighted by molar-refractivity contribution is 7.92. The first-order valence-electron chi connectivity index (χ1n) is 9.73. The van der Waals surface area contributed by atoms with Gasteiger partial charge in [-0.05, 0) is 43.2 Å². The van der Waals surface area contributed by atoms with Crippen molar-refractivity contribution < 1.29 is 13.2 Å². The van der Waals surface area contributed by atoms with Gasteiger partial charge in [0, 0.05) is 61.6 Å². The Labute approximate surface area is 165 Å². The average Bonchev–Trinajstić information content (AvgIpc) is 2.88. The van der Waals surface area contributed by atoms with E-state index in [2.05, 4.69) is 15.1 Å². The van der Waals surface area contributed by atoms with E-state index in [1.54, 1.807) is 18.2 Å². The van der Waals surface area contributed by atoms with E-state index in [1.165, 1.54) is 6.92 Å². The summed E-state index contributed by atoms with van der Waals surface area (Å²) in [7, 11) is -3.54. The van der Waals surface area contributed by atoms with Crippen molar-refractivity contribution in [3.63, 3.8) is 0 Å². The largest absolute Gasteiger partial charge is 0.367 e. The first-order valence-corrected chi connectivity index (χ1v) is 11.2. The third kappa shape index (κ3) is 2.72. The van der Waals surface area contributed by atoms with Crippen LogP contribution in [0.3, 0.4) is 0 Å². The van der Waals surface area contributed by atoms with Crippen LogP contribution in [-0.2, 0) is 14.6 Å². The first kappa shape index (κ1) is 17.7. The molecule has 2 bridgehead atoms. The molecule has 3 saturated heterocycles. The summed E-state index contributed by atoms with van der Waals surface area (Å²) in [6, 6.07) is 11.3. The van der Waals surface area contributed by atoms with Crippen molar-refractivity contribution in [2.75, 3.05) is 36.4 Å². The van der Waals surface area contributed by atoms with E-state index >= 15 is 0 Å². The van der Waals surface area contributed by atoms with Gasteiger partial charge in [0.05, 0.1) is 9.79 Å². The Balaban J connectivity index is 1.57. The van der Waals surface area contributed by atoms with Crippen LogP contribution in [0.25, 0.3) is 11.1 Å². The number of benzene rings is 2. The Hall–Kier alpha value is -2.38. The van der Waals surface area contributed by atoms with Gasteiger partial charge >= 0.3 is 0 Å². The normalized spacial score (nSPS) is 24.4. The first-order chi connectivity index (χ1) is 13.4. The predicted octanol–water partition coefficient (Wildman–Crippen LogP) is 2.74. The molecule has 6 rings (SSSR count). The van der Waals surface area contributed by atoms with Crippen LogP contribution in [0.5, 0.6) is 0 Å². The van der Waals surface area contributed by atoms with Crippen LogP contribution in [-0.4, -0.2) is 51.4 Å². The number of nitrogens with zero attached hydrogens (tertiary/aromatic N) is 2. The zero-order valence-corrected chi connectivity index (χ0v) is 16.6. The minimum atomic E-state index is -3.54. The van der Waals surface area contributed by atoms with Gasteiger partial charge in [-0.1, -0.05) is 6.07 Å². The molecule has 0 saturated carbocycles. The van der Waals surface area contributed by atoms with Crippen LogP contribution in [0.1, 0.15) is 19.8 Å². The number of hydrogen-bond acceptors (Lipinski definition) is 5. The lowest BCUT2D eigenvalue weighted by atomic mass is 10.0. The number of carbonyl (C=O) groups excluding carboxylic acids is 1. The molecule has 0 unspecified atom stereocenters. The van der Waals surface area contributed by atoms with Crippen molar-refractivity contribution in [2.45, 2.75) is 35.6 Å². The maximum Gasteiger partial charge on any atom is 0.221 e. The standard InChI is InChI=1S/C21H23N3O3S/c1-14(25)22-15-2-5-20-19(12-15)18-4-3-17(13-21(18)28(20,26)27)24-11-10-23-8-6-16(24)7-9-23/h2-5,12-13,16H,6-11H2,1H3,(H,22,25). The molecule has 6 nitrogen and oxygen atoms in total. The summed E-state index contributed by atoms with van der Waals surface area (Å²) in [6.45, 7) is 5.66. The van der Waals surface area contributed by atoms with Crippen molar-refractivity contribution in [3.05, 3.63) is 36.4 Å². The van der Waals surface area contributed by atoms with Gasteiger partial charge in [0.15, 0.2) is 0 Å². The minimum Gasteiger partial charge on any atom is -0.367 e. The van der Waals surface area contributed by atoms with Crippen LogP contribution in [0.15, 0.2) is 46.2 Å². The van der Waals surface area contributed by atoms with Crippen LogP contribution in [0, 0.1) is 0 Å². The molecule has 146 valence electrons. The number of hydrogen-bond donors (Lipinski definition) is 1. The van der Waals surface area contributed by atoms with E-state index < -0.39 is 9.84 Å². The zero-order chi connectivity index (χ0) is 19.5. The number of nitrogens with one attached hydrogen (secondary N) is 1. The molecule has 28 heavy (non-hydrogen) atoms. The van der Waals surface area contributed by atoms with Crippen molar-refractivity contribution >= 4 is 27.1 Å². The molecule has 1 N–H and O–H groups in total. The second kappa shape index (κ2) is 6.32. The summed E-state index contributed by atoms with van der Waals surface area (Å²) in [5, 5.41) is 2.73. The smallest absolute Gasteiger partial charge is 0.221 e. The molecule has 4 heterocycles. The van der Waals surface area contributed by atoms with Crippen LogP contribution in [0.2, 0.25) is 0 Å². The molecule has 3 fully saturated rings. The van der Waals surface area contributed by atoms with E-state index in [-0.39, 0.29) is 5.91 Å². The molecular weight excluding hydrogens is 374 g/mol. The van der Waals surface area contributed by atoms with E-state index in [0.29, 0.717) is 32.6 Å². The van der Waals surface area contributed by atoms with Gasteiger partial charge < -0.3 is 15.1 Å². The average molecular weight is 398 g/mol. The maximum atomic E-state index is 13.2. The topological polar surface area (TPSA) is 69.7 Å². The van der Waals surface area contributed by atoms with Crippen molar-refractivity contribution in [1.82, 2.24) is 4.90 Å². The predicted molar refractivity (Wildman–Crippen MR) is 108 cm³/mol. The minimum absolute atomic E-state index is 0.178. The van der Waals surface area contributed by atoms with Crippen molar-refractivity contribution in [1.29, 1.82) is 0 Å². The maximum absolute atomic E-state index is 13.2. The summed E-state index contributed by atoms with van der Waals surface area (Å²) < 4.78 is 26.3. The van der Waals surface area contributed by atoms with Gasteiger partial charge in [-0.3, -0.25) is 4.79 Å². The Morgan fingerprint density at radius 3 is 2.50 bits per heavy atom. The Morgan fingerprint density at radius 1 is 0.964 bits per heavy atom. The van der Waals surface area contributed by atoms with Crippen LogP contribution in [0.4, 0.5) is 11.4 Å². The number of piperidine rings is 1. The van der Waals surface area contributed by atoms with Crippen LogP contribution >= 0.6 is 0 Å². The molecule has 0 aromatic heterocycles. The highest BCUT2D eigenvalue weighted by atomic mass is 32.2. The van der Waals surface area contributed by atoms with Crippen molar-refractivity contribution in [2.24, 2.45) is 0 Å². The van der Waals surface area contributed by atoms with Gasteiger partial charge in [-0.2, -0.15) is 0 Å². The molecule has 4 aliphatic heterocycles. The summed E-state index contributed by atoms with van der Waals surface area (Å²) in [5.74, 6) is -0.178. The fourth-order valence-corrected chi connectivity index (χ4v) is 6.42. The highest BCUT2D eigenvalue weighted by Crippen LogP contribution is 2.46. The summed E-state index contributed by atoms with van der Waals surface area (Å²) >= 11 is 0. The van der Waals surface area contributed by atoms with Gasteiger partial charge in [0.2, 0.25) is 15.7 Å². The highest BCUT2D eigenvalue weighted by Gasteiger charge is 2.35. The summed E-state index contributed by atoms with van der Waals surface area (Å²) in [5.41, 5.74) is 2.98. The number of sulfone groups is 1. The Kier molecular flexibility index (Phi) is 4.00. The number of carbonyl (C=O) groups is 1. The lowest BCUT2D eigenvalue weighted by Gasteiger charge is -2.33. The fourth-order valence-electron chi connectivity index (χ4n) is 4.74. The van der Waals surface area contributed by atoms with Crippen molar-refractivity contribution in [3.8, 4) is 11.1 Å². The fraction of sp³-hybridized carbons (Fsp3) is 0.381. The lowest BCUT2D eigenvalue weighted by molar-refractivity contribution is -0.114. The Bertz CT molecular complexity index is 1070. The van der Waals surface area contributed by atoms with Gasteiger partial charge in [-0.25, -0.2) is 8.42 Å². The quantitative estimate of drug-likeness (QED) is 0.720. The lowest BCUT2D eigenvalue weighted by Crippen LogP contribution is -2.37. The van der Waals surface area contributed by atoms with E-state index in [9.17, 15) is 13.2 Å². The zero-order valence-electron chi connectivity index (χ0n) is 15.8. The van der Waals surface area contributed by atoms with Gasteiger partial charge in [0.1, 0.15) is 0 Å². The molecule has 4 aliphatic rings. The number of rotatable bonds is 2. The molecule has 0 radical (unpaired) electrons. The Morgan fingerprint density at radius 2 is 1.75 bits per heavy atom. The van der Waals surface area contributed by atoms with Gasteiger partial charge in [0.25, 0.3) is 0 Å². The molecular formula is C21H23N3O3S. The second-order valence-corrected chi connectivity index (χ2v) is 9.73. The molecule has 7 heteroatoms. The van der Waals surface area contributed by atoms with E-state index in [1.807, 2.05) is 18.2 Å². The molecule has 0 atom stereocenters. The number of amides is 1. The molecule has 1 amide bonds. The van der Waals surface area contributed by atoms with Crippen LogP contribution < -0.4 is 10.2 Å². The molecule has 0 aliphatic carbocycles. The molecule has 0 spiro atoms. The monoisotopic (exact) mass is 397 g/mol. The third-order valence-corrected chi connectivity index (χ3v) is 7.97. The third-order valence-electron chi connectivity index (χ3n) is 6.12. The van der Waals surface area contributed by atoms with E-state index in [0.717, 1.165) is 44.7 Å². The SMILES string of the molecule is CC(=O)Nc1ccc2c(c1)-c1ccc(N3CCN4CCC3CC4)cc1S2(=O)=O. The second-order valence-electron chi connectivity index (χ2n) is 7.84. The number of fused-ring (bicyclic) bond motifs is 7. The summed E-state index contributed by atoms with van der Waals surface area (Å²) in [4.78, 5) is 16.9. The number of anilines is 2. The molecule has 2 aromatic carbocycles. The summed E-state index contributed by atoms with van der Waals surface area (Å²) in [6.07, 6.45) is 2.26. The molecule has 2 aromatic rings. The van der Waals surface area contributed by atoms with Gasteiger partial charge in [-0.15, -0.1) is 0 Å².